The van der Waals surface area contributed by atoms with Crippen LogP contribution in [0.15, 0.2) is 65.7 Å². The van der Waals surface area contributed by atoms with Crippen molar-refractivity contribution in [1.82, 2.24) is 24.8 Å². The molecule has 0 spiro atoms. The van der Waals surface area contributed by atoms with Crippen molar-refractivity contribution < 1.29 is 47.1 Å². The van der Waals surface area contributed by atoms with Crippen molar-refractivity contribution in [2.24, 2.45) is 5.92 Å². The van der Waals surface area contributed by atoms with Crippen molar-refractivity contribution in [2.75, 3.05) is 19.6 Å². The molecule has 3 aliphatic rings. The number of hydrogen-bond donors (Lipinski definition) is 3. The van der Waals surface area contributed by atoms with Crippen LogP contribution in [0.3, 0.4) is 0 Å². The van der Waals surface area contributed by atoms with Crippen LogP contribution in [0.25, 0.3) is 10.8 Å². The van der Waals surface area contributed by atoms with Gasteiger partial charge in [0.15, 0.2) is 4.90 Å². The molecule has 3 aromatic rings. The van der Waals surface area contributed by atoms with Crippen LogP contribution in [-0.4, -0.2) is 105 Å². The first-order chi connectivity index (χ1) is 26.0. The zero-order valence-corrected chi connectivity index (χ0v) is 31.5. The van der Waals surface area contributed by atoms with E-state index >= 15 is 0 Å². The Bertz CT molecular complexity index is 2100. The quantitative estimate of drug-likeness (QED) is 0.231. The maximum atomic E-state index is 14.8. The number of aromatic nitrogens is 1. The molecule has 2 saturated heterocycles. The predicted octanol–water partition coefficient (Wildman–Crippen LogP) is 3.61. The first kappa shape index (κ1) is 39.3. The number of carbonyl (C=O) groups excluding carboxylic acids is 3. The Hall–Kier alpha value is -5.36. The van der Waals surface area contributed by atoms with E-state index in [0.29, 0.717) is 24.6 Å². The number of para-hydroxylation sites is 1. The van der Waals surface area contributed by atoms with E-state index in [1.807, 2.05) is 12.1 Å². The van der Waals surface area contributed by atoms with E-state index in [4.69, 9.17) is 9.47 Å². The van der Waals surface area contributed by atoms with Crippen LogP contribution in [0.4, 0.5) is 10.5 Å². The number of benzene rings is 2. The minimum absolute atomic E-state index is 0.0831. The van der Waals surface area contributed by atoms with E-state index in [1.165, 1.54) is 12.1 Å². The first-order valence-corrected chi connectivity index (χ1v) is 19.5. The molecular formula is C37H44N6O11S. The van der Waals surface area contributed by atoms with Crippen molar-refractivity contribution in [2.45, 2.75) is 93.5 Å². The number of nitrogens with zero attached hydrogens (tertiary/aromatic N) is 4. The van der Waals surface area contributed by atoms with Gasteiger partial charge in [0, 0.05) is 37.2 Å². The molecule has 5 atom stereocenters. The summed E-state index contributed by atoms with van der Waals surface area (Å²) in [5.41, 5.74) is -3.23. The molecule has 55 heavy (non-hydrogen) atoms. The largest absolute Gasteiger partial charge is 0.479 e. The number of rotatable bonds is 7. The SMILES string of the molecule is CC(C)(C)OC(=O)N[C@H]1CN(S(=O)(=O)c2ccccc2[N+](=O)[O-])CCCCC[C@@H]2C[C@@]2(C(=O)O)NC(=O)[C@@H]2C[C@@H](Oc3nccc4ccccc34)CN2C1=O. The Kier molecular flexibility index (Phi) is 11.0. The van der Waals surface area contributed by atoms with Crippen LogP contribution < -0.4 is 15.4 Å². The highest BCUT2D eigenvalue weighted by Crippen LogP contribution is 2.47. The van der Waals surface area contributed by atoms with Crippen LogP contribution in [0.5, 0.6) is 5.88 Å². The van der Waals surface area contributed by atoms with Gasteiger partial charge in [-0.3, -0.25) is 19.7 Å². The summed E-state index contributed by atoms with van der Waals surface area (Å²) < 4.78 is 41.3. The van der Waals surface area contributed by atoms with Gasteiger partial charge >= 0.3 is 12.1 Å². The van der Waals surface area contributed by atoms with E-state index in [2.05, 4.69) is 15.6 Å². The summed E-state index contributed by atoms with van der Waals surface area (Å²) in [6.45, 7) is 3.73. The highest BCUT2D eigenvalue weighted by Gasteiger charge is 2.62. The number of nitrogens with one attached hydrogen (secondary N) is 2. The van der Waals surface area contributed by atoms with E-state index in [-0.39, 0.29) is 38.2 Å². The minimum atomic E-state index is -4.67. The molecule has 0 bridgehead atoms. The Morgan fingerprint density at radius 3 is 2.51 bits per heavy atom. The summed E-state index contributed by atoms with van der Waals surface area (Å²) in [4.78, 5) is 70.8. The molecule has 1 saturated carbocycles. The Morgan fingerprint density at radius 2 is 1.78 bits per heavy atom. The molecule has 3 amide bonds. The van der Waals surface area contributed by atoms with Gasteiger partial charge in [-0.2, -0.15) is 4.31 Å². The molecule has 1 aliphatic carbocycles. The summed E-state index contributed by atoms with van der Waals surface area (Å²) in [7, 11) is -4.67. The molecule has 3 heterocycles. The second kappa shape index (κ2) is 15.4. The highest BCUT2D eigenvalue weighted by molar-refractivity contribution is 7.89. The molecule has 6 rings (SSSR count). The molecule has 2 aliphatic heterocycles. The standard InChI is InChI=1S/C37H44N6O11S/c1-36(2,3)54-35(48)39-27-22-41(55(51,52)30-15-9-8-14-28(30)43(49)50)18-10-4-5-12-24-20-37(24,34(46)47)40-31(44)29-19-25(21-42(29)33(27)45)53-32-26-13-7-6-11-23(26)16-17-38-32/h6-9,11,13-17,24-25,27,29H,4-5,10,12,18-22H2,1-3H3,(H,39,48)(H,40,44)(H,46,47)/t24-,25-,27+,29+,37-/m1/s1. The Balaban J connectivity index is 1.40. The smallest absolute Gasteiger partial charge is 0.408 e. The number of aliphatic carboxylic acids is 1. The van der Waals surface area contributed by atoms with Crippen LogP contribution in [0, 0.1) is 16.0 Å². The van der Waals surface area contributed by atoms with Crippen LogP contribution in [0.1, 0.15) is 59.3 Å². The third kappa shape index (κ3) is 8.49. The van der Waals surface area contributed by atoms with Gasteiger partial charge in [0.05, 0.1) is 11.5 Å². The fraction of sp³-hybridized carbons (Fsp3) is 0.486. The van der Waals surface area contributed by atoms with Gasteiger partial charge in [0.25, 0.3) is 5.69 Å². The summed E-state index contributed by atoms with van der Waals surface area (Å²) in [6.07, 6.45) is 1.38. The summed E-state index contributed by atoms with van der Waals surface area (Å²) in [5, 5.41) is 28.9. The van der Waals surface area contributed by atoms with Crippen molar-refractivity contribution in [3.05, 3.63) is 70.9 Å². The van der Waals surface area contributed by atoms with Gasteiger partial charge in [-0.1, -0.05) is 43.2 Å². The predicted molar refractivity (Wildman–Crippen MR) is 196 cm³/mol. The Labute approximate surface area is 317 Å². The van der Waals surface area contributed by atoms with Crippen molar-refractivity contribution in [1.29, 1.82) is 0 Å². The van der Waals surface area contributed by atoms with Gasteiger partial charge in [0.2, 0.25) is 27.7 Å². The van der Waals surface area contributed by atoms with Gasteiger partial charge in [-0.25, -0.2) is 23.0 Å². The molecular weight excluding hydrogens is 737 g/mol. The third-order valence-electron chi connectivity index (χ3n) is 10.1. The van der Waals surface area contributed by atoms with Gasteiger partial charge in [0.1, 0.15) is 29.3 Å². The van der Waals surface area contributed by atoms with Gasteiger partial charge in [-0.15, -0.1) is 0 Å². The number of hydrogen-bond acceptors (Lipinski definition) is 11. The normalized spacial score (nSPS) is 25.4. The Morgan fingerprint density at radius 1 is 1.05 bits per heavy atom. The second-order valence-corrected chi connectivity index (χ2v) is 17.0. The lowest BCUT2D eigenvalue weighted by Gasteiger charge is -2.32. The summed E-state index contributed by atoms with van der Waals surface area (Å²) >= 11 is 0. The number of nitro benzene ring substituents is 1. The van der Waals surface area contributed by atoms with Crippen LogP contribution in [0.2, 0.25) is 0 Å². The number of alkyl carbamates (subject to hydrolysis) is 1. The number of carboxylic acids is 1. The monoisotopic (exact) mass is 780 g/mol. The molecule has 1 aromatic heterocycles. The first-order valence-electron chi connectivity index (χ1n) is 18.1. The number of nitro groups is 1. The molecule has 0 radical (unpaired) electrons. The van der Waals surface area contributed by atoms with Crippen molar-refractivity contribution in [3.8, 4) is 5.88 Å². The maximum Gasteiger partial charge on any atom is 0.408 e. The molecule has 294 valence electrons. The molecule has 3 fully saturated rings. The lowest BCUT2D eigenvalue weighted by Crippen LogP contribution is -2.59. The van der Waals surface area contributed by atoms with E-state index < -0.39 is 91.2 Å². The maximum absolute atomic E-state index is 14.8. The zero-order chi connectivity index (χ0) is 39.7. The lowest BCUT2D eigenvalue weighted by molar-refractivity contribution is -0.387. The number of fused-ring (bicyclic) bond motifs is 3. The topological polar surface area (TPSA) is 228 Å². The average Bonchev–Trinajstić information content (AvgIpc) is 3.66. The van der Waals surface area contributed by atoms with Gasteiger partial charge in [-0.05, 0) is 69.5 Å². The molecule has 2 aromatic carbocycles. The van der Waals surface area contributed by atoms with Crippen molar-refractivity contribution >= 4 is 50.4 Å². The summed E-state index contributed by atoms with van der Waals surface area (Å²) in [6, 6.07) is 11.0. The fourth-order valence-corrected chi connectivity index (χ4v) is 8.99. The second-order valence-electron chi connectivity index (χ2n) is 15.1. The molecule has 18 heteroatoms. The molecule has 3 N–H and O–H groups in total. The number of ether oxygens (including phenoxy) is 2. The number of amides is 3. The number of carboxylic acid groups (broad SMARTS) is 1. The number of sulfonamides is 1. The highest BCUT2D eigenvalue weighted by atomic mass is 32.2. The minimum Gasteiger partial charge on any atom is -0.479 e. The van der Waals surface area contributed by atoms with E-state index in [0.717, 1.165) is 26.7 Å². The van der Waals surface area contributed by atoms with Crippen LogP contribution in [-0.2, 0) is 29.1 Å². The summed E-state index contributed by atoms with van der Waals surface area (Å²) in [5.74, 6) is -2.98. The fourth-order valence-electron chi connectivity index (χ4n) is 7.34. The third-order valence-corrected chi connectivity index (χ3v) is 12.0. The molecule has 0 unspecified atom stereocenters. The van der Waals surface area contributed by atoms with Gasteiger partial charge < -0.3 is 30.1 Å². The van der Waals surface area contributed by atoms with Crippen molar-refractivity contribution in [3.63, 3.8) is 0 Å². The number of carbonyl (C=O) groups is 4. The molecule has 17 nitrogen and oxygen atoms in total. The average molecular weight is 781 g/mol. The lowest BCUT2D eigenvalue weighted by atomic mass is 10.1. The number of pyridine rings is 1. The van der Waals surface area contributed by atoms with E-state index in [9.17, 15) is 42.8 Å². The zero-order valence-electron chi connectivity index (χ0n) is 30.7. The van der Waals surface area contributed by atoms with E-state index in [1.54, 1.807) is 45.2 Å². The van der Waals surface area contributed by atoms with Crippen LogP contribution >= 0.6 is 0 Å².